The van der Waals surface area contributed by atoms with Gasteiger partial charge in [0.15, 0.2) is 10.7 Å². The molecular formula is C25H33N3O5S. The number of rotatable bonds is 7. The minimum absolute atomic E-state index is 0.0541. The van der Waals surface area contributed by atoms with Crippen LogP contribution in [0.3, 0.4) is 0 Å². The van der Waals surface area contributed by atoms with E-state index in [4.69, 9.17) is 9.26 Å². The van der Waals surface area contributed by atoms with Crippen LogP contribution in [0.4, 0.5) is 0 Å². The molecule has 0 aliphatic carbocycles. The number of carbonyl (C=O) groups is 1. The zero-order valence-corrected chi connectivity index (χ0v) is 20.9. The second-order valence-electron chi connectivity index (χ2n) is 9.24. The Bertz CT molecular complexity index is 1170. The predicted molar refractivity (Wildman–Crippen MR) is 130 cm³/mol. The normalized spacial score (nSPS) is 21.9. The van der Waals surface area contributed by atoms with E-state index in [1.54, 1.807) is 13.0 Å². The average molecular weight is 488 g/mol. The molecule has 0 saturated carbocycles. The van der Waals surface area contributed by atoms with Gasteiger partial charge in [-0.25, -0.2) is 8.42 Å². The molecule has 3 heterocycles. The Hall–Kier alpha value is -2.49. The number of ether oxygens (including phenoxy) is 1. The largest absolute Gasteiger partial charge is 0.376 e. The van der Waals surface area contributed by atoms with Crippen LogP contribution in [-0.4, -0.2) is 56.1 Å². The van der Waals surface area contributed by atoms with Gasteiger partial charge in [0.25, 0.3) is 0 Å². The third-order valence-electron chi connectivity index (χ3n) is 6.56. The SMILES string of the molecule is Cc1ccc(C)c(/C=C/c2onc(C)c2S(=O)(=O)N2CCC[C@H](C(=O)NC[C@@H]3CCCO3)C2)c1. The van der Waals surface area contributed by atoms with Gasteiger partial charge >= 0.3 is 0 Å². The van der Waals surface area contributed by atoms with Crippen molar-refractivity contribution in [1.82, 2.24) is 14.8 Å². The van der Waals surface area contributed by atoms with Crippen molar-refractivity contribution in [2.24, 2.45) is 5.92 Å². The highest BCUT2D eigenvalue weighted by molar-refractivity contribution is 7.89. The maximum Gasteiger partial charge on any atom is 0.248 e. The number of aromatic nitrogens is 1. The number of amides is 1. The summed E-state index contributed by atoms with van der Waals surface area (Å²) in [5, 5.41) is 6.88. The van der Waals surface area contributed by atoms with Crippen molar-refractivity contribution in [2.75, 3.05) is 26.2 Å². The molecule has 2 fully saturated rings. The van der Waals surface area contributed by atoms with Crippen LogP contribution in [0.25, 0.3) is 12.2 Å². The highest BCUT2D eigenvalue weighted by Crippen LogP contribution is 2.29. The Morgan fingerprint density at radius 3 is 2.79 bits per heavy atom. The number of benzene rings is 1. The zero-order valence-electron chi connectivity index (χ0n) is 20.0. The van der Waals surface area contributed by atoms with Gasteiger partial charge < -0.3 is 14.6 Å². The van der Waals surface area contributed by atoms with E-state index in [0.29, 0.717) is 31.6 Å². The molecule has 8 nitrogen and oxygen atoms in total. The van der Waals surface area contributed by atoms with E-state index in [9.17, 15) is 13.2 Å². The first-order chi connectivity index (χ1) is 16.3. The van der Waals surface area contributed by atoms with Gasteiger partial charge in [0.1, 0.15) is 5.69 Å². The fraction of sp³-hybridized carbons (Fsp3) is 0.520. The first kappa shape index (κ1) is 24.6. The fourth-order valence-electron chi connectivity index (χ4n) is 4.57. The van der Waals surface area contributed by atoms with Crippen LogP contribution in [-0.2, 0) is 19.6 Å². The van der Waals surface area contributed by atoms with Gasteiger partial charge in [-0.3, -0.25) is 4.79 Å². The van der Waals surface area contributed by atoms with Crippen molar-refractivity contribution in [3.05, 3.63) is 46.3 Å². The number of hydrogen-bond donors (Lipinski definition) is 1. The molecule has 1 aromatic heterocycles. The zero-order chi connectivity index (χ0) is 24.3. The lowest BCUT2D eigenvalue weighted by molar-refractivity contribution is -0.126. The summed E-state index contributed by atoms with van der Waals surface area (Å²) in [6.07, 6.45) is 6.79. The van der Waals surface area contributed by atoms with E-state index in [1.165, 1.54) is 4.31 Å². The van der Waals surface area contributed by atoms with E-state index >= 15 is 0 Å². The van der Waals surface area contributed by atoms with E-state index in [2.05, 4.69) is 10.5 Å². The summed E-state index contributed by atoms with van der Waals surface area (Å²) >= 11 is 0. The predicted octanol–water partition coefficient (Wildman–Crippen LogP) is 3.47. The molecule has 0 radical (unpaired) electrons. The summed E-state index contributed by atoms with van der Waals surface area (Å²) in [6.45, 7) is 7.35. The van der Waals surface area contributed by atoms with Crippen molar-refractivity contribution in [2.45, 2.75) is 57.5 Å². The fourth-order valence-corrected chi connectivity index (χ4v) is 6.35. The van der Waals surface area contributed by atoms with Gasteiger partial charge in [-0.05, 0) is 63.7 Å². The van der Waals surface area contributed by atoms with Gasteiger partial charge in [0.05, 0.1) is 12.0 Å². The van der Waals surface area contributed by atoms with Crippen LogP contribution >= 0.6 is 0 Å². The van der Waals surface area contributed by atoms with Crippen molar-refractivity contribution in [3.63, 3.8) is 0 Å². The third kappa shape index (κ3) is 5.42. The number of sulfonamides is 1. The molecule has 2 aliphatic rings. The standard InChI is InChI=1S/C25H33N3O5S/c1-17-8-9-18(2)20(14-17)10-11-23-24(19(3)27-33-23)34(30,31)28-12-4-6-21(16-28)25(29)26-15-22-7-5-13-32-22/h8-11,14,21-22H,4-7,12-13,15-16H2,1-3H3,(H,26,29)/b11-10+/t21-,22-/m0/s1. The van der Waals surface area contributed by atoms with Crippen molar-refractivity contribution < 1.29 is 22.5 Å². The maximum absolute atomic E-state index is 13.6. The molecule has 0 bridgehead atoms. The van der Waals surface area contributed by atoms with Crippen LogP contribution < -0.4 is 5.32 Å². The molecule has 184 valence electrons. The molecule has 1 N–H and O–H groups in total. The molecule has 2 saturated heterocycles. The first-order valence-electron chi connectivity index (χ1n) is 11.9. The van der Waals surface area contributed by atoms with Gasteiger partial charge in [-0.2, -0.15) is 4.31 Å². The molecule has 4 rings (SSSR count). The molecule has 9 heteroatoms. The summed E-state index contributed by atoms with van der Waals surface area (Å²) in [5.74, 6) is -0.310. The van der Waals surface area contributed by atoms with E-state index in [1.807, 2.05) is 38.1 Å². The molecular weight excluding hydrogens is 454 g/mol. The molecule has 2 aromatic rings. The summed E-state index contributed by atoms with van der Waals surface area (Å²) in [5.41, 5.74) is 3.49. The van der Waals surface area contributed by atoms with Gasteiger partial charge in [-0.15, -0.1) is 0 Å². The summed E-state index contributed by atoms with van der Waals surface area (Å²) in [4.78, 5) is 12.8. The number of carbonyl (C=O) groups excluding carboxylic acids is 1. The molecule has 0 unspecified atom stereocenters. The Labute approximate surface area is 201 Å². The number of hydrogen-bond acceptors (Lipinski definition) is 6. The summed E-state index contributed by atoms with van der Waals surface area (Å²) in [6, 6.07) is 6.09. The number of piperidine rings is 1. The maximum atomic E-state index is 13.6. The Morgan fingerprint density at radius 1 is 1.21 bits per heavy atom. The molecule has 2 aliphatic heterocycles. The Balaban J connectivity index is 1.50. The average Bonchev–Trinajstić information content (AvgIpc) is 3.48. The minimum atomic E-state index is -3.88. The van der Waals surface area contributed by atoms with E-state index in [-0.39, 0.29) is 35.1 Å². The number of nitrogens with zero attached hydrogens (tertiary/aromatic N) is 2. The highest BCUT2D eigenvalue weighted by Gasteiger charge is 2.37. The Kier molecular flexibility index (Phi) is 7.54. The second kappa shape index (κ2) is 10.4. The third-order valence-corrected chi connectivity index (χ3v) is 8.59. The van der Waals surface area contributed by atoms with Crippen LogP contribution in [0.15, 0.2) is 27.6 Å². The molecule has 1 aromatic carbocycles. The van der Waals surface area contributed by atoms with E-state index < -0.39 is 10.0 Å². The Morgan fingerprint density at radius 2 is 2.03 bits per heavy atom. The summed E-state index contributed by atoms with van der Waals surface area (Å²) in [7, 11) is -3.88. The van der Waals surface area contributed by atoms with Gasteiger partial charge in [0.2, 0.25) is 15.9 Å². The highest BCUT2D eigenvalue weighted by atomic mass is 32.2. The molecule has 34 heavy (non-hydrogen) atoms. The van der Waals surface area contributed by atoms with Crippen LogP contribution in [0.1, 0.15) is 53.8 Å². The smallest absolute Gasteiger partial charge is 0.248 e. The lowest BCUT2D eigenvalue weighted by Crippen LogP contribution is -2.46. The van der Waals surface area contributed by atoms with Crippen molar-refractivity contribution >= 4 is 28.1 Å². The number of nitrogens with one attached hydrogen (secondary N) is 1. The van der Waals surface area contributed by atoms with Crippen LogP contribution in [0.5, 0.6) is 0 Å². The van der Waals surface area contributed by atoms with Crippen LogP contribution in [0.2, 0.25) is 0 Å². The monoisotopic (exact) mass is 487 g/mol. The minimum Gasteiger partial charge on any atom is -0.376 e. The second-order valence-corrected chi connectivity index (χ2v) is 11.1. The van der Waals surface area contributed by atoms with Crippen molar-refractivity contribution in [1.29, 1.82) is 0 Å². The quantitative estimate of drug-likeness (QED) is 0.642. The first-order valence-corrected chi connectivity index (χ1v) is 13.3. The summed E-state index contributed by atoms with van der Waals surface area (Å²) < 4.78 is 39.5. The van der Waals surface area contributed by atoms with Gasteiger partial charge in [0, 0.05) is 26.2 Å². The molecule has 2 atom stereocenters. The molecule has 1 amide bonds. The van der Waals surface area contributed by atoms with Gasteiger partial charge in [-0.1, -0.05) is 35.0 Å². The van der Waals surface area contributed by atoms with Crippen molar-refractivity contribution in [3.8, 4) is 0 Å². The topological polar surface area (TPSA) is 102 Å². The molecule has 0 spiro atoms. The lowest BCUT2D eigenvalue weighted by Gasteiger charge is -2.31. The number of aryl methyl sites for hydroxylation is 3. The van der Waals surface area contributed by atoms with E-state index in [0.717, 1.165) is 36.1 Å². The van der Waals surface area contributed by atoms with Crippen LogP contribution in [0, 0.1) is 26.7 Å². The lowest BCUT2D eigenvalue weighted by atomic mass is 9.99.